The molecule has 0 atom stereocenters. The van der Waals surface area contributed by atoms with Gasteiger partial charge in [0.1, 0.15) is 0 Å². The highest BCUT2D eigenvalue weighted by Crippen LogP contribution is 2.35. The molecule has 0 radical (unpaired) electrons. The minimum absolute atomic E-state index is 0.471. The average Bonchev–Trinajstić information content (AvgIpc) is 2.75. The highest BCUT2D eigenvalue weighted by Gasteiger charge is 2.34. The summed E-state index contributed by atoms with van der Waals surface area (Å²) in [5, 5.41) is 3.79. The van der Waals surface area contributed by atoms with Gasteiger partial charge in [-0.25, -0.2) is 0 Å². The van der Waals surface area contributed by atoms with Crippen molar-refractivity contribution >= 4 is 0 Å². The van der Waals surface area contributed by atoms with E-state index < -0.39 is 0 Å². The predicted molar refractivity (Wildman–Crippen MR) is 72.2 cm³/mol. The highest BCUT2D eigenvalue weighted by atomic mass is 15.0. The molecule has 3 rings (SSSR count). The van der Waals surface area contributed by atoms with Crippen molar-refractivity contribution < 1.29 is 0 Å². The number of rotatable bonds is 4. The van der Waals surface area contributed by atoms with Crippen LogP contribution in [0.5, 0.6) is 0 Å². The molecule has 2 aliphatic rings. The van der Waals surface area contributed by atoms with E-state index in [-0.39, 0.29) is 0 Å². The van der Waals surface area contributed by atoms with Crippen LogP contribution in [0.3, 0.4) is 0 Å². The Morgan fingerprint density at radius 1 is 1.12 bits per heavy atom. The van der Waals surface area contributed by atoms with E-state index in [0.717, 1.165) is 6.54 Å². The van der Waals surface area contributed by atoms with E-state index >= 15 is 0 Å². The zero-order valence-corrected chi connectivity index (χ0v) is 10.9. The van der Waals surface area contributed by atoms with Crippen molar-refractivity contribution in [3.05, 3.63) is 34.9 Å². The van der Waals surface area contributed by atoms with Crippen LogP contribution in [0.25, 0.3) is 0 Å². The van der Waals surface area contributed by atoms with Gasteiger partial charge < -0.3 is 5.32 Å². The first-order valence-electron chi connectivity index (χ1n) is 7.17. The fourth-order valence-electron chi connectivity index (χ4n) is 3.28. The van der Waals surface area contributed by atoms with Gasteiger partial charge in [-0.15, -0.1) is 0 Å². The van der Waals surface area contributed by atoms with Gasteiger partial charge in [0.15, 0.2) is 0 Å². The van der Waals surface area contributed by atoms with E-state index in [4.69, 9.17) is 0 Å². The summed E-state index contributed by atoms with van der Waals surface area (Å²) in [4.78, 5) is 0. The molecule has 1 fully saturated rings. The van der Waals surface area contributed by atoms with Gasteiger partial charge in [-0.2, -0.15) is 0 Å². The molecule has 1 N–H and O–H groups in total. The minimum Gasteiger partial charge on any atom is -0.307 e. The lowest BCUT2D eigenvalue weighted by Gasteiger charge is -2.42. The second kappa shape index (κ2) is 4.45. The molecule has 1 nitrogen and oxygen atoms in total. The minimum atomic E-state index is 0.471. The summed E-state index contributed by atoms with van der Waals surface area (Å²) in [5.74, 6) is 0. The Morgan fingerprint density at radius 3 is 2.65 bits per heavy atom. The summed E-state index contributed by atoms with van der Waals surface area (Å²) in [5.41, 5.74) is 5.13. The highest BCUT2D eigenvalue weighted by molar-refractivity contribution is 5.35. The van der Waals surface area contributed by atoms with Crippen LogP contribution in [-0.2, 0) is 19.4 Å². The lowest BCUT2D eigenvalue weighted by molar-refractivity contribution is 0.175. The number of fused-ring (bicyclic) bond motifs is 1. The predicted octanol–water partition coefficient (Wildman–Crippen LogP) is 3.60. The van der Waals surface area contributed by atoms with Crippen LogP contribution < -0.4 is 5.32 Å². The Morgan fingerprint density at radius 2 is 1.94 bits per heavy atom. The van der Waals surface area contributed by atoms with Gasteiger partial charge in [0.2, 0.25) is 0 Å². The van der Waals surface area contributed by atoms with E-state index in [1.54, 1.807) is 11.1 Å². The molecule has 0 heterocycles. The summed E-state index contributed by atoms with van der Waals surface area (Å²) in [6.07, 6.45) is 9.36. The second-order valence-electron chi connectivity index (χ2n) is 5.80. The topological polar surface area (TPSA) is 12.0 Å². The number of hydrogen-bond donors (Lipinski definition) is 1. The van der Waals surface area contributed by atoms with Crippen molar-refractivity contribution in [2.24, 2.45) is 0 Å². The molecule has 0 saturated heterocycles. The molecule has 1 aromatic carbocycles. The lowest BCUT2D eigenvalue weighted by atomic mass is 9.75. The number of aryl methyl sites for hydroxylation is 2. The van der Waals surface area contributed by atoms with Gasteiger partial charge in [-0.1, -0.05) is 25.1 Å². The van der Waals surface area contributed by atoms with Crippen molar-refractivity contribution in [2.45, 2.75) is 64.0 Å². The van der Waals surface area contributed by atoms with Crippen molar-refractivity contribution in [3.63, 3.8) is 0 Å². The van der Waals surface area contributed by atoms with Gasteiger partial charge >= 0.3 is 0 Å². The largest absolute Gasteiger partial charge is 0.307 e. The molecule has 1 heteroatoms. The third-order valence-electron chi connectivity index (χ3n) is 4.82. The van der Waals surface area contributed by atoms with Crippen LogP contribution in [0.2, 0.25) is 0 Å². The Hall–Kier alpha value is -0.820. The summed E-state index contributed by atoms with van der Waals surface area (Å²) >= 11 is 0. The molecule has 0 unspecified atom stereocenters. The van der Waals surface area contributed by atoms with Gasteiger partial charge in [0.25, 0.3) is 0 Å². The first-order valence-corrected chi connectivity index (χ1v) is 7.17. The summed E-state index contributed by atoms with van der Waals surface area (Å²) in [6.45, 7) is 3.37. The molecule has 1 aromatic rings. The van der Waals surface area contributed by atoms with Crippen LogP contribution in [-0.4, -0.2) is 5.54 Å². The van der Waals surface area contributed by atoms with Gasteiger partial charge in [-0.05, 0) is 61.6 Å². The van der Waals surface area contributed by atoms with Gasteiger partial charge in [-0.3, -0.25) is 0 Å². The van der Waals surface area contributed by atoms with Crippen molar-refractivity contribution in [3.8, 4) is 0 Å². The first kappa shape index (κ1) is 11.3. The zero-order valence-electron chi connectivity index (χ0n) is 10.9. The molecule has 0 aromatic heterocycles. The van der Waals surface area contributed by atoms with Gasteiger partial charge in [0, 0.05) is 12.1 Å². The second-order valence-corrected chi connectivity index (χ2v) is 5.80. The Balaban J connectivity index is 1.65. The van der Waals surface area contributed by atoms with Gasteiger partial charge in [0.05, 0.1) is 0 Å². The molecule has 0 spiro atoms. The maximum atomic E-state index is 3.79. The molecular formula is C16H23N. The number of benzene rings is 1. The third kappa shape index (κ3) is 2.13. The Labute approximate surface area is 105 Å². The number of nitrogens with one attached hydrogen (secondary N) is 1. The van der Waals surface area contributed by atoms with Crippen LogP contribution in [0.1, 0.15) is 55.7 Å². The normalized spacial score (nSPS) is 21.0. The Kier molecular flexibility index (Phi) is 2.96. The average molecular weight is 229 g/mol. The number of hydrogen-bond acceptors (Lipinski definition) is 1. The first-order chi connectivity index (χ1) is 8.31. The molecule has 2 aliphatic carbocycles. The van der Waals surface area contributed by atoms with E-state index in [9.17, 15) is 0 Å². The summed E-state index contributed by atoms with van der Waals surface area (Å²) in [6, 6.07) is 7.09. The van der Waals surface area contributed by atoms with Crippen LogP contribution in [0.15, 0.2) is 18.2 Å². The molecule has 1 saturated carbocycles. The molecular weight excluding hydrogens is 206 g/mol. The van der Waals surface area contributed by atoms with Crippen molar-refractivity contribution in [2.75, 3.05) is 0 Å². The molecule has 0 aliphatic heterocycles. The summed E-state index contributed by atoms with van der Waals surface area (Å²) < 4.78 is 0. The van der Waals surface area contributed by atoms with E-state index in [2.05, 4.69) is 30.4 Å². The maximum Gasteiger partial charge on any atom is 0.0210 e. The van der Waals surface area contributed by atoms with Crippen LogP contribution in [0, 0.1) is 0 Å². The van der Waals surface area contributed by atoms with E-state index in [0.29, 0.717) is 5.54 Å². The molecule has 0 amide bonds. The van der Waals surface area contributed by atoms with Crippen LogP contribution in [0.4, 0.5) is 0 Å². The SMILES string of the molecule is CCC1(NCc2ccc3c(c2)CCC3)CCC1. The monoisotopic (exact) mass is 229 g/mol. The Bertz CT molecular complexity index is 398. The van der Waals surface area contributed by atoms with Crippen molar-refractivity contribution in [1.29, 1.82) is 0 Å². The van der Waals surface area contributed by atoms with E-state index in [1.165, 1.54) is 50.5 Å². The fraction of sp³-hybridized carbons (Fsp3) is 0.625. The third-order valence-corrected chi connectivity index (χ3v) is 4.82. The molecule has 17 heavy (non-hydrogen) atoms. The van der Waals surface area contributed by atoms with E-state index in [1.807, 2.05) is 0 Å². The zero-order chi connectivity index (χ0) is 11.7. The smallest absolute Gasteiger partial charge is 0.0210 e. The molecule has 0 bridgehead atoms. The standard InChI is InChI=1S/C16H23N/c1-2-16(9-4-10-16)17-12-13-7-8-14-5-3-6-15(14)11-13/h7-8,11,17H,2-6,9-10,12H2,1H3. The van der Waals surface area contributed by atoms with Crippen LogP contribution >= 0.6 is 0 Å². The quantitative estimate of drug-likeness (QED) is 0.832. The summed E-state index contributed by atoms with van der Waals surface area (Å²) in [7, 11) is 0. The molecule has 92 valence electrons. The van der Waals surface area contributed by atoms with Crippen molar-refractivity contribution in [1.82, 2.24) is 5.32 Å². The fourth-order valence-corrected chi connectivity index (χ4v) is 3.28. The lowest BCUT2D eigenvalue weighted by Crippen LogP contribution is -2.49. The maximum absolute atomic E-state index is 3.79.